The van der Waals surface area contributed by atoms with Crippen LogP contribution in [0.1, 0.15) is 6.92 Å². The minimum atomic E-state index is -1.85. The Bertz CT molecular complexity index is 331. The molecule has 0 bridgehead atoms. The Morgan fingerprint density at radius 3 is 2.35 bits per heavy atom. The molecule has 5 nitrogen and oxygen atoms in total. The van der Waals surface area contributed by atoms with Gasteiger partial charge in [-0.25, -0.2) is 4.79 Å². The Labute approximate surface area is 103 Å². The van der Waals surface area contributed by atoms with Crippen molar-refractivity contribution in [2.45, 2.75) is 6.92 Å². The van der Waals surface area contributed by atoms with Crippen LogP contribution in [-0.2, 0) is 9.53 Å². The van der Waals surface area contributed by atoms with Gasteiger partial charge in [-0.15, -0.1) is 0 Å². The average molecular weight is 262 g/mol. The highest BCUT2D eigenvalue weighted by molar-refractivity contribution is 7.51. The van der Waals surface area contributed by atoms with Gasteiger partial charge in [0.15, 0.2) is 6.54 Å². The van der Waals surface area contributed by atoms with Gasteiger partial charge in [-0.2, -0.15) is 0 Å². The molecule has 0 amide bonds. The molecule has 0 fully saturated rings. The number of aliphatic hydroxyl groups is 1. The van der Waals surface area contributed by atoms with Crippen LogP contribution >= 0.6 is 7.77 Å². The van der Waals surface area contributed by atoms with Crippen LogP contribution in [0.25, 0.3) is 0 Å². The maximum absolute atomic E-state index is 11.8. The predicted octanol–water partition coefficient (Wildman–Crippen LogP) is -0.309. The summed E-state index contributed by atoms with van der Waals surface area (Å²) in [7, 11) is 3.85. The van der Waals surface area contributed by atoms with Gasteiger partial charge in [-0.05, 0) is 6.92 Å². The molecule has 1 N–H and O–H groups in total. The van der Waals surface area contributed by atoms with Gasteiger partial charge in [0.05, 0.1) is 27.7 Å². The first-order chi connectivity index (χ1) is 7.67. The molecule has 0 aliphatic heterocycles. The molecular weight excluding hydrogens is 241 g/mol. The van der Waals surface area contributed by atoms with E-state index >= 15 is 0 Å². The van der Waals surface area contributed by atoms with E-state index in [1.165, 1.54) is 6.92 Å². The Morgan fingerprint density at radius 2 is 2.00 bits per heavy atom. The summed E-state index contributed by atoms with van der Waals surface area (Å²) in [4.78, 5) is 23.2. The monoisotopic (exact) mass is 262 g/mol. The summed E-state index contributed by atoms with van der Waals surface area (Å²) in [6, 6.07) is 0. The molecule has 0 rings (SSSR count). The van der Waals surface area contributed by atoms with Gasteiger partial charge >= 0.3 is 11.4 Å². The zero-order valence-electron chi connectivity index (χ0n) is 10.9. The molecule has 1 atom stereocenters. The lowest BCUT2D eigenvalue weighted by molar-refractivity contribution is -0.861. The Morgan fingerprint density at radius 1 is 1.47 bits per heavy atom. The number of quaternary nitrogens is 1. The SMILES string of the molecule is C=C(C)C(=O)OC(C[N+](C)(C)C)=[P+]([O-])CCO. The lowest BCUT2D eigenvalue weighted by Crippen LogP contribution is -2.41. The van der Waals surface area contributed by atoms with Gasteiger partial charge in [0, 0.05) is 5.57 Å². The molecule has 0 heterocycles. The van der Waals surface area contributed by atoms with Crippen LogP contribution in [0.3, 0.4) is 0 Å². The molecule has 0 aliphatic rings. The second-order valence-corrected chi connectivity index (χ2v) is 6.54. The number of likely N-dealkylation sites (N-methyl/N-ethyl adjacent to an activating group) is 1. The van der Waals surface area contributed by atoms with Gasteiger partial charge in [0.25, 0.3) is 0 Å². The van der Waals surface area contributed by atoms with Crippen LogP contribution in [-0.4, -0.2) is 61.5 Å². The lowest BCUT2D eigenvalue weighted by atomic mass is 10.4. The molecule has 0 radical (unpaired) electrons. The van der Waals surface area contributed by atoms with E-state index in [1.54, 1.807) is 0 Å². The number of aliphatic hydroxyl groups excluding tert-OH is 1. The third-order valence-corrected chi connectivity index (χ3v) is 3.15. The molecule has 0 spiro atoms. The maximum Gasteiger partial charge on any atom is 0.341 e. The fraction of sp³-hybridized carbons (Fsp3) is 0.636. The fourth-order valence-corrected chi connectivity index (χ4v) is 2.18. The Kier molecular flexibility index (Phi) is 6.57. The first kappa shape index (κ1) is 16.3. The first-order valence-electron chi connectivity index (χ1n) is 5.27. The second kappa shape index (κ2) is 6.87. The van der Waals surface area contributed by atoms with Crippen LogP contribution in [0, 0.1) is 0 Å². The van der Waals surface area contributed by atoms with Crippen molar-refractivity contribution in [3.8, 4) is 0 Å². The number of rotatable bonds is 6. The quantitative estimate of drug-likeness (QED) is 0.308. The van der Waals surface area contributed by atoms with Crippen LogP contribution in [0.15, 0.2) is 12.2 Å². The van der Waals surface area contributed by atoms with Gasteiger partial charge in [-0.3, -0.25) is 0 Å². The van der Waals surface area contributed by atoms with Crippen molar-refractivity contribution in [2.24, 2.45) is 0 Å². The molecule has 6 heteroatoms. The summed E-state index contributed by atoms with van der Waals surface area (Å²) in [5, 5.41) is 8.77. The van der Waals surface area contributed by atoms with Crippen LogP contribution in [0.2, 0.25) is 0 Å². The highest BCUT2D eigenvalue weighted by Crippen LogP contribution is 2.16. The van der Waals surface area contributed by atoms with Gasteiger partial charge in [-0.1, -0.05) is 6.58 Å². The number of esters is 1. The number of carbonyl (C=O) groups is 1. The van der Waals surface area contributed by atoms with Crippen LogP contribution in [0.4, 0.5) is 0 Å². The third kappa shape index (κ3) is 7.23. The summed E-state index contributed by atoms with van der Waals surface area (Å²) >= 11 is 0. The molecule has 98 valence electrons. The smallest absolute Gasteiger partial charge is 0.341 e. The largest absolute Gasteiger partial charge is 0.628 e. The van der Waals surface area contributed by atoms with Crippen LogP contribution in [0.5, 0.6) is 0 Å². The minimum Gasteiger partial charge on any atom is -0.628 e. The zero-order valence-corrected chi connectivity index (χ0v) is 11.8. The molecule has 1 unspecified atom stereocenters. The van der Waals surface area contributed by atoms with Crippen molar-refractivity contribution in [3.05, 3.63) is 12.2 Å². The minimum absolute atomic E-state index is 0.105. The third-order valence-electron chi connectivity index (χ3n) is 1.75. The van der Waals surface area contributed by atoms with E-state index in [9.17, 15) is 9.69 Å². The summed E-state index contributed by atoms with van der Waals surface area (Å²) in [6.45, 7) is 5.17. The highest BCUT2D eigenvalue weighted by Gasteiger charge is 2.24. The molecule has 17 heavy (non-hydrogen) atoms. The van der Waals surface area contributed by atoms with Gasteiger partial charge in [0.2, 0.25) is 0 Å². The number of ether oxygens (including phenoxy) is 1. The van der Waals surface area contributed by atoms with Crippen molar-refractivity contribution in [1.82, 2.24) is 0 Å². The van der Waals surface area contributed by atoms with Crippen molar-refractivity contribution in [2.75, 3.05) is 40.5 Å². The number of nitrogens with zero attached hydrogens (tertiary/aromatic N) is 1. The lowest BCUT2D eigenvalue weighted by Gasteiger charge is -2.23. The highest BCUT2D eigenvalue weighted by atomic mass is 31.1. The predicted molar refractivity (Wildman–Crippen MR) is 67.7 cm³/mol. The fourth-order valence-electron chi connectivity index (χ4n) is 0.977. The Hall–Kier alpha value is -0.740. The van der Waals surface area contributed by atoms with E-state index in [2.05, 4.69) is 6.58 Å². The molecule has 0 aromatic heterocycles. The standard InChI is InChI=1S/C11H21NO4P/c1-9(2)11(14)16-10(8-12(3,4)5)17(15)7-6-13/h13H,1,6-8H2,2-5H3/q+1. The second-order valence-electron chi connectivity index (χ2n) is 4.84. The van der Waals surface area contributed by atoms with Crippen molar-refractivity contribution < 1.29 is 24.0 Å². The van der Waals surface area contributed by atoms with E-state index < -0.39 is 13.7 Å². The zero-order chi connectivity index (χ0) is 13.6. The molecule has 0 aliphatic carbocycles. The van der Waals surface area contributed by atoms with E-state index in [-0.39, 0.29) is 23.8 Å². The van der Waals surface area contributed by atoms with E-state index in [0.717, 1.165) is 0 Å². The number of hydrogen-bond donors (Lipinski definition) is 1. The molecule has 0 saturated carbocycles. The topological polar surface area (TPSA) is 69.6 Å². The first-order valence-corrected chi connectivity index (χ1v) is 6.71. The van der Waals surface area contributed by atoms with E-state index in [0.29, 0.717) is 11.0 Å². The van der Waals surface area contributed by atoms with E-state index in [4.69, 9.17) is 9.84 Å². The number of hydrogen-bond acceptors (Lipinski definition) is 4. The van der Waals surface area contributed by atoms with Gasteiger partial charge in [0.1, 0.15) is 13.9 Å². The maximum atomic E-state index is 11.8. The normalized spacial score (nSPS) is 13.1. The van der Waals surface area contributed by atoms with Crippen molar-refractivity contribution in [1.29, 1.82) is 0 Å². The van der Waals surface area contributed by atoms with E-state index in [1.807, 2.05) is 21.1 Å². The summed E-state index contributed by atoms with van der Waals surface area (Å²) in [5.41, 5.74) is 0.478. The van der Waals surface area contributed by atoms with Crippen LogP contribution < -0.4 is 4.89 Å². The van der Waals surface area contributed by atoms with Crippen molar-refractivity contribution in [3.63, 3.8) is 0 Å². The summed E-state index contributed by atoms with van der Waals surface area (Å²) < 4.78 is 5.56. The summed E-state index contributed by atoms with van der Waals surface area (Å²) in [5.74, 6) is -0.574. The number of carbonyl (C=O) groups excluding carboxylic acids is 1. The molecule has 0 aromatic rings. The molecule has 0 aromatic carbocycles. The molecule has 0 saturated heterocycles. The van der Waals surface area contributed by atoms with Crippen molar-refractivity contribution >= 4 is 19.2 Å². The van der Waals surface area contributed by atoms with Gasteiger partial charge < -0.3 is 19.2 Å². The Balaban J connectivity index is 4.93. The summed E-state index contributed by atoms with van der Waals surface area (Å²) in [6.07, 6.45) is 0.105. The molecular formula is C11H21NO4P+. The average Bonchev–Trinajstić information content (AvgIpc) is 2.14.